The molecule has 1 unspecified atom stereocenters. The summed E-state index contributed by atoms with van der Waals surface area (Å²) < 4.78 is 5.31. The second kappa shape index (κ2) is 6.15. The van der Waals surface area contributed by atoms with Crippen LogP contribution in [0.25, 0.3) is 0 Å². The van der Waals surface area contributed by atoms with Crippen molar-refractivity contribution in [2.45, 2.75) is 43.7 Å². The zero-order chi connectivity index (χ0) is 13.9. The minimum atomic E-state index is 0.709. The second-order valence-electron chi connectivity index (χ2n) is 6.33. The van der Waals surface area contributed by atoms with Crippen LogP contribution in [0.1, 0.15) is 37.2 Å². The topological polar surface area (TPSA) is 24.5 Å². The average Bonchev–Trinajstić information content (AvgIpc) is 2.83. The zero-order valence-corrected chi connectivity index (χ0v) is 12.6. The summed E-state index contributed by atoms with van der Waals surface area (Å²) in [5, 5.41) is 3.75. The van der Waals surface area contributed by atoms with E-state index in [2.05, 4.69) is 35.5 Å². The Morgan fingerprint density at radius 3 is 2.90 bits per heavy atom. The summed E-state index contributed by atoms with van der Waals surface area (Å²) in [7, 11) is 3.99. The molecule has 0 spiro atoms. The number of likely N-dealkylation sites (N-methyl/N-ethyl adjacent to an activating group) is 1. The van der Waals surface area contributed by atoms with Crippen LogP contribution in [-0.4, -0.2) is 44.2 Å². The van der Waals surface area contributed by atoms with Crippen molar-refractivity contribution in [3.63, 3.8) is 0 Å². The molecule has 1 saturated carbocycles. The van der Waals surface area contributed by atoms with Crippen molar-refractivity contribution in [2.24, 2.45) is 0 Å². The Kier molecular flexibility index (Phi) is 4.27. The Morgan fingerprint density at radius 1 is 1.35 bits per heavy atom. The summed E-state index contributed by atoms with van der Waals surface area (Å²) in [6.07, 6.45) is 5.25. The van der Waals surface area contributed by atoms with Crippen LogP contribution in [0.15, 0.2) is 24.3 Å². The normalized spacial score (nSPS) is 30.2. The van der Waals surface area contributed by atoms with E-state index in [-0.39, 0.29) is 0 Å². The van der Waals surface area contributed by atoms with Crippen LogP contribution in [0.2, 0.25) is 0 Å². The first kappa shape index (κ1) is 13.9. The number of rotatable bonds is 5. The molecular formula is C17H26N2O. The molecule has 0 bridgehead atoms. The molecule has 1 aliphatic carbocycles. The van der Waals surface area contributed by atoms with E-state index in [1.54, 1.807) is 7.11 Å². The molecule has 3 heteroatoms. The molecule has 0 amide bonds. The van der Waals surface area contributed by atoms with Crippen LogP contribution in [-0.2, 0) is 0 Å². The summed E-state index contributed by atoms with van der Waals surface area (Å²) in [5.41, 5.74) is 1.43. The van der Waals surface area contributed by atoms with E-state index >= 15 is 0 Å². The summed E-state index contributed by atoms with van der Waals surface area (Å²) in [4.78, 5) is 2.49. The first-order valence-electron chi connectivity index (χ1n) is 7.84. The molecular weight excluding hydrogens is 248 g/mol. The predicted molar refractivity (Wildman–Crippen MR) is 82.4 cm³/mol. The van der Waals surface area contributed by atoms with Crippen LogP contribution in [0.3, 0.4) is 0 Å². The third kappa shape index (κ3) is 2.99. The summed E-state index contributed by atoms with van der Waals surface area (Å²) in [6, 6.07) is 10.0. The van der Waals surface area contributed by atoms with E-state index in [4.69, 9.17) is 4.74 Å². The molecule has 0 aromatic heterocycles. The van der Waals surface area contributed by atoms with E-state index < -0.39 is 0 Å². The lowest BCUT2D eigenvalue weighted by Crippen LogP contribution is -2.45. The molecule has 3 rings (SSSR count). The molecule has 1 saturated heterocycles. The lowest BCUT2D eigenvalue weighted by atomic mass is 9.76. The number of nitrogens with zero attached hydrogens (tertiary/aromatic N) is 1. The first-order chi connectivity index (χ1) is 9.76. The Balaban J connectivity index is 1.44. The first-order valence-corrected chi connectivity index (χ1v) is 7.84. The monoisotopic (exact) mass is 274 g/mol. The minimum Gasteiger partial charge on any atom is -0.497 e. The Bertz CT molecular complexity index is 442. The van der Waals surface area contributed by atoms with Gasteiger partial charge in [0, 0.05) is 18.6 Å². The number of hydrogen-bond acceptors (Lipinski definition) is 3. The summed E-state index contributed by atoms with van der Waals surface area (Å²) in [6.45, 7) is 2.43. The van der Waals surface area contributed by atoms with Gasteiger partial charge in [-0.2, -0.15) is 0 Å². The molecule has 110 valence electrons. The van der Waals surface area contributed by atoms with Gasteiger partial charge in [0.15, 0.2) is 0 Å². The SMILES string of the molecule is COc1cccc(C2CC(NCC3CCCN3C)C2)c1. The molecule has 0 radical (unpaired) electrons. The maximum Gasteiger partial charge on any atom is 0.119 e. The standard InChI is InChI=1S/C17H26N2O/c1-19-8-4-6-16(19)12-18-15-9-14(10-15)13-5-3-7-17(11-13)20-2/h3,5,7,11,14-16,18H,4,6,8-10,12H2,1-2H3. The molecule has 1 aromatic carbocycles. The maximum atomic E-state index is 5.31. The highest BCUT2D eigenvalue weighted by Gasteiger charge is 2.31. The fourth-order valence-corrected chi connectivity index (χ4v) is 3.49. The number of benzene rings is 1. The minimum absolute atomic E-state index is 0.709. The van der Waals surface area contributed by atoms with Gasteiger partial charge in [0.1, 0.15) is 5.75 Å². The Labute approximate surface area is 122 Å². The molecule has 1 N–H and O–H groups in total. The smallest absolute Gasteiger partial charge is 0.119 e. The molecule has 1 aliphatic heterocycles. The van der Waals surface area contributed by atoms with Crippen molar-refractivity contribution in [1.29, 1.82) is 0 Å². The highest BCUT2D eigenvalue weighted by atomic mass is 16.5. The molecule has 1 heterocycles. The molecule has 3 nitrogen and oxygen atoms in total. The number of likely N-dealkylation sites (tertiary alicyclic amines) is 1. The van der Waals surface area contributed by atoms with Crippen LogP contribution in [0, 0.1) is 0 Å². The van der Waals surface area contributed by atoms with Gasteiger partial charge in [-0.05, 0) is 62.9 Å². The number of nitrogens with one attached hydrogen (secondary N) is 1. The maximum absolute atomic E-state index is 5.31. The van der Waals surface area contributed by atoms with Crippen LogP contribution < -0.4 is 10.1 Å². The van der Waals surface area contributed by atoms with E-state index in [1.807, 2.05) is 6.07 Å². The molecule has 1 atom stereocenters. The largest absolute Gasteiger partial charge is 0.497 e. The van der Waals surface area contributed by atoms with E-state index in [0.29, 0.717) is 12.0 Å². The van der Waals surface area contributed by atoms with Gasteiger partial charge in [0.25, 0.3) is 0 Å². The van der Waals surface area contributed by atoms with Gasteiger partial charge < -0.3 is 15.0 Å². The van der Waals surface area contributed by atoms with Gasteiger partial charge >= 0.3 is 0 Å². The quantitative estimate of drug-likeness (QED) is 0.893. The highest BCUT2D eigenvalue weighted by molar-refractivity contribution is 5.32. The van der Waals surface area contributed by atoms with Crippen LogP contribution >= 0.6 is 0 Å². The molecule has 2 fully saturated rings. The van der Waals surface area contributed by atoms with Crippen molar-refractivity contribution in [3.8, 4) is 5.75 Å². The predicted octanol–water partition coefficient (Wildman–Crippen LogP) is 2.63. The van der Waals surface area contributed by atoms with E-state index in [9.17, 15) is 0 Å². The van der Waals surface area contributed by atoms with Crippen LogP contribution in [0.4, 0.5) is 0 Å². The van der Waals surface area contributed by atoms with Crippen LogP contribution in [0.5, 0.6) is 5.75 Å². The van der Waals surface area contributed by atoms with Gasteiger partial charge in [-0.1, -0.05) is 12.1 Å². The van der Waals surface area contributed by atoms with E-state index in [1.165, 1.54) is 37.8 Å². The van der Waals surface area contributed by atoms with Gasteiger partial charge in [-0.3, -0.25) is 0 Å². The Morgan fingerprint density at radius 2 is 2.20 bits per heavy atom. The number of methoxy groups -OCH3 is 1. The third-order valence-corrected chi connectivity index (χ3v) is 5.02. The molecule has 20 heavy (non-hydrogen) atoms. The van der Waals surface area contributed by atoms with Gasteiger partial charge in [0.2, 0.25) is 0 Å². The third-order valence-electron chi connectivity index (χ3n) is 5.02. The lowest BCUT2D eigenvalue weighted by molar-refractivity contribution is 0.244. The van der Waals surface area contributed by atoms with Crippen molar-refractivity contribution in [1.82, 2.24) is 10.2 Å². The van der Waals surface area contributed by atoms with Gasteiger partial charge in [0.05, 0.1) is 7.11 Å². The van der Waals surface area contributed by atoms with Crippen molar-refractivity contribution in [3.05, 3.63) is 29.8 Å². The molecule has 2 aliphatic rings. The fourth-order valence-electron chi connectivity index (χ4n) is 3.49. The zero-order valence-electron chi connectivity index (χ0n) is 12.6. The lowest BCUT2D eigenvalue weighted by Gasteiger charge is -2.37. The van der Waals surface area contributed by atoms with Gasteiger partial charge in [-0.25, -0.2) is 0 Å². The van der Waals surface area contributed by atoms with Crippen molar-refractivity contribution >= 4 is 0 Å². The van der Waals surface area contributed by atoms with E-state index in [0.717, 1.165) is 18.3 Å². The summed E-state index contributed by atoms with van der Waals surface area (Å²) in [5.74, 6) is 1.69. The summed E-state index contributed by atoms with van der Waals surface area (Å²) >= 11 is 0. The number of ether oxygens (including phenoxy) is 1. The second-order valence-corrected chi connectivity index (χ2v) is 6.33. The highest BCUT2D eigenvalue weighted by Crippen LogP contribution is 2.38. The average molecular weight is 274 g/mol. The van der Waals surface area contributed by atoms with Crippen molar-refractivity contribution < 1.29 is 4.74 Å². The van der Waals surface area contributed by atoms with Crippen molar-refractivity contribution in [2.75, 3.05) is 27.2 Å². The van der Waals surface area contributed by atoms with Gasteiger partial charge in [-0.15, -0.1) is 0 Å². The number of hydrogen-bond donors (Lipinski definition) is 1. The fraction of sp³-hybridized carbons (Fsp3) is 0.647. The molecule has 1 aromatic rings. The Hall–Kier alpha value is -1.06.